The molecule has 0 aliphatic carbocycles. The Bertz CT molecular complexity index is 540. The van der Waals surface area contributed by atoms with Gasteiger partial charge in [-0.3, -0.25) is 0 Å². The van der Waals surface area contributed by atoms with Gasteiger partial charge >= 0.3 is 0 Å². The van der Waals surface area contributed by atoms with E-state index in [4.69, 9.17) is 4.74 Å². The number of rotatable bonds is 6. The number of hydrogen-bond acceptors (Lipinski definition) is 1. The number of ether oxygens (including phenoxy) is 1. The lowest BCUT2D eigenvalue weighted by molar-refractivity contribution is 0.304. The van der Waals surface area contributed by atoms with Gasteiger partial charge in [0.05, 0.1) is 0 Å². The molecule has 0 bridgehead atoms. The first-order valence-electron chi connectivity index (χ1n) is 7.47. The van der Waals surface area contributed by atoms with E-state index in [1.54, 1.807) is 0 Å². The summed E-state index contributed by atoms with van der Waals surface area (Å²) >= 11 is 0. The second-order valence-electron chi connectivity index (χ2n) is 5.48. The molecule has 0 radical (unpaired) electrons. The molecule has 0 aliphatic heterocycles. The van der Waals surface area contributed by atoms with Crippen LogP contribution in [0.3, 0.4) is 0 Å². The molecule has 1 nitrogen and oxygen atoms in total. The lowest BCUT2D eigenvalue weighted by Crippen LogP contribution is -1.97. The van der Waals surface area contributed by atoms with E-state index in [0.29, 0.717) is 6.61 Å². The van der Waals surface area contributed by atoms with Crippen molar-refractivity contribution in [3.8, 4) is 5.75 Å². The van der Waals surface area contributed by atoms with Gasteiger partial charge in [-0.15, -0.1) is 0 Å². The van der Waals surface area contributed by atoms with Gasteiger partial charge in [0.2, 0.25) is 0 Å². The van der Waals surface area contributed by atoms with E-state index in [2.05, 4.69) is 63.2 Å². The fraction of sp³-hybridized carbons (Fsp3) is 0.368. The van der Waals surface area contributed by atoms with Crippen molar-refractivity contribution < 1.29 is 4.74 Å². The molecule has 106 valence electrons. The molecule has 20 heavy (non-hydrogen) atoms. The summed E-state index contributed by atoms with van der Waals surface area (Å²) in [5, 5.41) is 0. The van der Waals surface area contributed by atoms with E-state index < -0.39 is 0 Å². The summed E-state index contributed by atoms with van der Waals surface area (Å²) in [4.78, 5) is 0. The van der Waals surface area contributed by atoms with Crippen LogP contribution in [0.1, 0.15) is 42.0 Å². The molecule has 0 amide bonds. The summed E-state index contributed by atoms with van der Waals surface area (Å²) in [7, 11) is 0. The Morgan fingerprint density at radius 2 is 1.60 bits per heavy atom. The Hall–Kier alpha value is -1.76. The highest BCUT2D eigenvalue weighted by Crippen LogP contribution is 2.20. The molecule has 0 saturated heterocycles. The minimum absolute atomic E-state index is 0.637. The molecule has 0 N–H and O–H groups in total. The van der Waals surface area contributed by atoms with Crippen molar-refractivity contribution in [1.29, 1.82) is 0 Å². The molecule has 2 rings (SSSR count). The quantitative estimate of drug-likeness (QED) is 0.697. The fourth-order valence-electron chi connectivity index (χ4n) is 2.31. The zero-order valence-corrected chi connectivity index (χ0v) is 12.8. The Morgan fingerprint density at radius 3 is 2.25 bits per heavy atom. The molecule has 0 aliphatic rings. The van der Waals surface area contributed by atoms with Crippen LogP contribution in [-0.4, -0.2) is 0 Å². The third-order valence-electron chi connectivity index (χ3n) is 3.57. The van der Waals surface area contributed by atoms with Crippen LogP contribution < -0.4 is 4.74 Å². The third kappa shape index (κ3) is 4.12. The van der Waals surface area contributed by atoms with Crippen molar-refractivity contribution in [3.05, 3.63) is 64.7 Å². The fourth-order valence-corrected chi connectivity index (χ4v) is 2.31. The van der Waals surface area contributed by atoms with Gasteiger partial charge in [-0.1, -0.05) is 55.3 Å². The maximum atomic E-state index is 5.90. The molecule has 0 unspecified atom stereocenters. The van der Waals surface area contributed by atoms with Crippen LogP contribution in [0.25, 0.3) is 0 Å². The Kier molecular flexibility index (Phi) is 5.23. The Balaban J connectivity index is 1.93. The van der Waals surface area contributed by atoms with E-state index in [1.165, 1.54) is 41.5 Å². The first-order valence-corrected chi connectivity index (χ1v) is 7.47. The van der Waals surface area contributed by atoms with Gasteiger partial charge in [0, 0.05) is 0 Å². The SMILES string of the molecule is CCCCc1ccc(COc2ccc(C)cc2C)cc1. The van der Waals surface area contributed by atoms with Crippen molar-refractivity contribution in [3.63, 3.8) is 0 Å². The minimum atomic E-state index is 0.637. The van der Waals surface area contributed by atoms with Gasteiger partial charge in [-0.2, -0.15) is 0 Å². The summed E-state index contributed by atoms with van der Waals surface area (Å²) in [5.41, 5.74) is 5.12. The third-order valence-corrected chi connectivity index (χ3v) is 3.57. The predicted octanol–water partition coefficient (Wildman–Crippen LogP) is 5.23. The topological polar surface area (TPSA) is 9.23 Å². The largest absolute Gasteiger partial charge is 0.489 e. The second-order valence-corrected chi connectivity index (χ2v) is 5.48. The highest BCUT2D eigenvalue weighted by atomic mass is 16.5. The molecule has 0 atom stereocenters. The molecular weight excluding hydrogens is 244 g/mol. The minimum Gasteiger partial charge on any atom is -0.489 e. The molecule has 2 aromatic rings. The van der Waals surface area contributed by atoms with Crippen molar-refractivity contribution in [2.45, 2.75) is 46.6 Å². The molecule has 0 fully saturated rings. The van der Waals surface area contributed by atoms with Crippen LogP contribution >= 0.6 is 0 Å². The highest BCUT2D eigenvalue weighted by molar-refractivity contribution is 5.36. The highest BCUT2D eigenvalue weighted by Gasteiger charge is 2.01. The molecule has 0 saturated carbocycles. The first kappa shape index (κ1) is 14.6. The zero-order valence-electron chi connectivity index (χ0n) is 12.8. The van der Waals surface area contributed by atoms with Crippen LogP contribution in [0.5, 0.6) is 5.75 Å². The molecule has 1 heteroatoms. The van der Waals surface area contributed by atoms with E-state index in [0.717, 1.165) is 5.75 Å². The van der Waals surface area contributed by atoms with Crippen molar-refractivity contribution in [2.75, 3.05) is 0 Å². The summed E-state index contributed by atoms with van der Waals surface area (Å²) in [6.07, 6.45) is 3.69. The van der Waals surface area contributed by atoms with E-state index >= 15 is 0 Å². The predicted molar refractivity (Wildman–Crippen MR) is 85.3 cm³/mol. The standard InChI is InChI=1S/C19H24O/c1-4-5-6-17-8-10-18(11-9-17)14-20-19-12-7-15(2)13-16(19)3/h7-13H,4-6,14H2,1-3H3. The second kappa shape index (κ2) is 7.14. The summed E-state index contributed by atoms with van der Waals surface area (Å²) in [5.74, 6) is 0.977. The van der Waals surface area contributed by atoms with Crippen LogP contribution in [0.15, 0.2) is 42.5 Å². The normalized spacial score (nSPS) is 10.6. The summed E-state index contributed by atoms with van der Waals surface area (Å²) < 4.78 is 5.90. The van der Waals surface area contributed by atoms with Gasteiger partial charge in [0.25, 0.3) is 0 Å². The number of benzene rings is 2. The summed E-state index contributed by atoms with van der Waals surface area (Å²) in [6, 6.07) is 15.1. The molecular formula is C19H24O. The number of unbranched alkanes of at least 4 members (excludes halogenated alkanes) is 1. The smallest absolute Gasteiger partial charge is 0.122 e. The van der Waals surface area contributed by atoms with Crippen molar-refractivity contribution >= 4 is 0 Å². The van der Waals surface area contributed by atoms with Gasteiger partial charge in [-0.25, -0.2) is 0 Å². The van der Waals surface area contributed by atoms with Gasteiger partial charge in [-0.05, 0) is 49.4 Å². The van der Waals surface area contributed by atoms with E-state index in [1.807, 2.05) is 0 Å². The van der Waals surface area contributed by atoms with E-state index in [-0.39, 0.29) is 0 Å². The van der Waals surface area contributed by atoms with Crippen LogP contribution in [0.2, 0.25) is 0 Å². The molecule has 0 heterocycles. The molecule has 0 spiro atoms. The maximum absolute atomic E-state index is 5.90. The molecule has 0 aromatic heterocycles. The average molecular weight is 268 g/mol. The Morgan fingerprint density at radius 1 is 0.900 bits per heavy atom. The Labute approximate surface area is 122 Å². The zero-order chi connectivity index (χ0) is 14.4. The maximum Gasteiger partial charge on any atom is 0.122 e. The lowest BCUT2D eigenvalue weighted by atomic mass is 10.1. The van der Waals surface area contributed by atoms with E-state index in [9.17, 15) is 0 Å². The van der Waals surface area contributed by atoms with Gasteiger partial charge < -0.3 is 4.74 Å². The summed E-state index contributed by atoms with van der Waals surface area (Å²) in [6.45, 7) is 7.06. The lowest BCUT2D eigenvalue weighted by Gasteiger charge is -2.10. The van der Waals surface area contributed by atoms with Crippen LogP contribution in [0.4, 0.5) is 0 Å². The number of hydrogen-bond donors (Lipinski definition) is 0. The van der Waals surface area contributed by atoms with Crippen LogP contribution in [-0.2, 0) is 13.0 Å². The first-order chi connectivity index (χ1) is 9.69. The van der Waals surface area contributed by atoms with Crippen LogP contribution in [0, 0.1) is 13.8 Å². The van der Waals surface area contributed by atoms with Gasteiger partial charge in [0.1, 0.15) is 12.4 Å². The van der Waals surface area contributed by atoms with Crippen molar-refractivity contribution in [2.24, 2.45) is 0 Å². The molecule has 2 aromatic carbocycles. The average Bonchev–Trinajstić information content (AvgIpc) is 2.45. The van der Waals surface area contributed by atoms with Gasteiger partial charge in [0.15, 0.2) is 0 Å². The van der Waals surface area contributed by atoms with Crippen molar-refractivity contribution in [1.82, 2.24) is 0 Å². The monoisotopic (exact) mass is 268 g/mol. The number of aryl methyl sites for hydroxylation is 3.